The van der Waals surface area contributed by atoms with E-state index in [1.165, 1.54) is 6.33 Å². The molecule has 1 unspecified atom stereocenters. The van der Waals surface area contributed by atoms with Crippen LogP contribution in [0.25, 0.3) is 21.8 Å². The minimum absolute atomic E-state index is 0.263. The highest BCUT2D eigenvalue weighted by Crippen LogP contribution is 2.23. The Morgan fingerprint density at radius 3 is 2.65 bits per heavy atom. The molecule has 0 aliphatic heterocycles. The number of rotatable bonds is 3. The lowest BCUT2D eigenvalue weighted by Gasteiger charge is -2.03. The molecule has 0 saturated carbocycles. The maximum absolute atomic E-state index is 10.3. The second-order valence-corrected chi connectivity index (χ2v) is 5.80. The summed E-state index contributed by atoms with van der Waals surface area (Å²) < 4.78 is 0. The predicted molar refractivity (Wildman–Crippen MR) is 102 cm³/mol. The molecule has 7 nitrogen and oxygen atoms in total. The molecule has 0 radical (unpaired) electrons. The number of H-pyrrole nitrogens is 1. The number of para-hydroxylation sites is 1. The summed E-state index contributed by atoms with van der Waals surface area (Å²) in [6.45, 7) is 0. The molecule has 4 rings (SSSR count). The average Bonchev–Trinajstić information content (AvgIpc) is 3.14. The lowest BCUT2D eigenvalue weighted by Crippen LogP contribution is -2.32. The van der Waals surface area contributed by atoms with E-state index in [1.807, 2.05) is 42.5 Å². The molecule has 0 fully saturated rings. The molecule has 6 N–H and O–H groups in total. The monoisotopic (exact) mass is 349 g/mol. The first kappa shape index (κ1) is 17.4. The van der Waals surface area contributed by atoms with Crippen LogP contribution in [0.3, 0.4) is 0 Å². The molecule has 2 aromatic carbocycles. The number of hydrogen-bond acceptors (Lipinski definition) is 5. The molecule has 0 saturated heterocycles. The van der Waals surface area contributed by atoms with Gasteiger partial charge < -0.3 is 21.6 Å². The molecule has 4 aromatic rings. The summed E-state index contributed by atoms with van der Waals surface area (Å²) >= 11 is 0. The minimum atomic E-state index is -1.01. The van der Waals surface area contributed by atoms with Crippen LogP contribution in [0.4, 0.5) is 5.69 Å². The molecule has 2 aromatic heterocycles. The molecular weight excluding hydrogens is 330 g/mol. The number of nitrogens with zero attached hydrogens (tertiary/aromatic N) is 2. The maximum atomic E-state index is 10.3. The van der Waals surface area contributed by atoms with Crippen LogP contribution in [-0.2, 0) is 11.2 Å². The van der Waals surface area contributed by atoms with Crippen molar-refractivity contribution in [2.45, 2.75) is 12.5 Å². The zero-order valence-corrected chi connectivity index (χ0v) is 14.0. The number of aliphatic carboxylic acids is 1. The normalized spacial score (nSPS) is 11.7. The standard InChI is InChI=1S/C13H10N2.C6H9N3O2/c14-11-5-3-7-13-10(11)8-9-4-1-2-6-12(9)15-13;7-5(6(10)11)1-4-2-8-3-9-4/h1-8H,14H2;2-3,5H,1,7H2,(H,8,9)(H,10,11). The quantitative estimate of drug-likeness (QED) is 0.332. The van der Waals surface area contributed by atoms with E-state index in [0.29, 0.717) is 5.69 Å². The van der Waals surface area contributed by atoms with Gasteiger partial charge in [-0.05, 0) is 24.3 Å². The zero-order valence-electron chi connectivity index (χ0n) is 14.0. The number of aromatic nitrogens is 3. The fraction of sp³-hybridized carbons (Fsp3) is 0.105. The van der Waals surface area contributed by atoms with Gasteiger partial charge in [-0.3, -0.25) is 4.79 Å². The Morgan fingerprint density at radius 2 is 1.92 bits per heavy atom. The zero-order chi connectivity index (χ0) is 18.5. The molecule has 7 heteroatoms. The lowest BCUT2D eigenvalue weighted by molar-refractivity contribution is -0.138. The number of nitrogens with two attached hydrogens (primary N) is 2. The van der Waals surface area contributed by atoms with E-state index >= 15 is 0 Å². The number of nitrogens with one attached hydrogen (secondary N) is 1. The van der Waals surface area contributed by atoms with Crippen LogP contribution in [-0.4, -0.2) is 32.1 Å². The Hall–Kier alpha value is -3.45. The molecule has 0 aliphatic rings. The Kier molecular flexibility index (Phi) is 5.09. The van der Waals surface area contributed by atoms with Crippen LogP contribution in [0.5, 0.6) is 0 Å². The topological polar surface area (TPSA) is 131 Å². The maximum Gasteiger partial charge on any atom is 0.320 e. The van der Waals surface area contributed by atoms with Crippen molar-refractivity contribution in [1.82, 2.24) is 15.0 Å². The van der Waals surface area contributed by atoms with Crippen molar-refractivity contribution in [3.63, 3.8) is 0 Å². The Balaban J connectivity index is 0.000000160. The number of carboxylic acid groups (broad SMARTS) is 1. The molecule has 0 amide bonds. The first-order chi connectivity index (χ1) is 12.5. The van der Waals surface area contributed by atoms with Crippen molar-refractivity contribution in [1.29, 1.82) is 0 Å². The third-order valence-electron chi connectivity index (χ3n) is 3.90. The van der Waals surface area contributed by atoms with Gasteiger partial charge in [0.15, 0.2) is 0 Å². The highest BCUT2D eigenvalue weighted by molar-refractivity contribution is 5.98. The Labute approximate surface area is 149 Å². The number of imidazole rings is 1. The van der Waals surface area contributed by atoms with E-state index < -0.39 is 12.0 Å². The van der Waals surface area contributed by atoms with Gasteiger partial charge in [-0.2, -0.15) is 0 Å². The largest absolute Gasteiger partial charge is 0.480 e. The number of aromatic amines is 1. The van der Waals surface area contributed by atoms with Gasteiger partial charge in [-0.15, -0.1) is 0 Å². The highest BCUT2D eigenvalue weighted by Gasteiger charge is 2.12. The summed E-state index contributed by atoms with van der Waals surface area (Å²) in [5, 5.41) is 10.6. The van der Waals surface area contributed by atoms with E-state index in [0.717, 1.165) is 27.5 Å². The minimum Gasteiger partial charge on any atom is -0.480 e. The second kappa shape index (κ2) is 7.62. The SMILES string of the molecule is NC(Cc1c[nH]cn1)C(=O)O.Nc1cccc2nc3ccccc3cc12. The van der Waals surface area contributed by atoms with E-state index in [2.05, 4.69) is 21.0 Å². The van der Waals surface area contributed by atoms with E-state index in [4.69, 9.17) is 16.6 Å². The molecule has 0 spiro atoms. The summed E-state index contributed by atoms with van der Waals surface area (Å²) in [5.41, 5.74) is 14.6. The first-order valence-corrected chi connectivity index (χ1v) is 8.04. The summed E-state index contributed by atoms with van der Waals surface area (Å²) in [4.78, 5) is 21.4. The van der Waals surface area contributed by atoms with Crippen LogP contribution in [0.15, 0.2) is 61.1 Å². The number of pyridine rings is 1. The van der Waals surface area contributed by atoms with Crippen molar-refractivity contribution in [3.8, 4) is 0 Å². The summed E-state index contributed by atoms with van der Waals surface area (Å²) in [6, 6.07) is 15.1. The number of carboxylic acids is 1. The van der Waals surface area contributed by atoms with Gasteiger partial charge in [-0.25, -0.2) is 9.97 Å². The first-order valence-electron chi connectivity index (χ1n) is 8.04. The smallest absolute Gasteiger partial charge is 0.320 e. The summed E-state index contributed by atoms with van der Waals surface area (Å²) in [5.74, 6) is -1.01. The third kappa shape index (κ3) is 3.96. The van der Waals surface area contributed by atoms with Gasteiger partial charge in [0.2, 0.25) is 0 Å². The lowest BCUT2D eigenvalue weighted by atomic mass is 10.1. The van der Waals surface area contributed by atoms with E-state index in [1.54, 1.807) is 6.20 Å². The molecule has 132 valence electrons. The average molecular weight is 349 g/mol. The number of anilines is 1. The molecule has 2 heterocycles. The number of hydrogen-bond donors (Lipinski definition) is 4. The highest BCUT2D eigenvalue weighted by atomic mass is 16.4. The molecular formula is C19H19N5O2. The summed E-state index contributed by atoms with van der Waals surface area (Å²) in [6.07, 6.45) is 3.38. The van der Waals surface area contributed by atoms with Gasteiger partial charge in [0, 0.05) is 29.1 Å². The van der Waals surface area contributed by atoms with Crippen molar-refractivity contribution >= 4 is 33.5 Å². The van der Waals surface area contributed by atoms with Crippen LogP contribution >= 0.6 is 0 Å². The Bertz CT molecular complexity index is 1030. The number of fused-ring (bicyclic) bond motifs is 2. The van der Waals surface area contributed by atoms with Crippen molar-refractivity contribution in [3.05, 3.63) is 66.7 Å². The Morgan fingerprint density at radius 1 is 1.15 bits per heavy atom. The van der Waals surface area contributed by atoms with Gasteiger partial charge >= 0.3 is 5.97 Å². The fourth-order valence-electron chi connectivity index (χ4n) is 2.54. The summed E-state index contributed by atoms with van der Waals surface area (Å²) in [7, 11) is 0. The van der Waals surface area contributed by atoms with Gasteiger partial charge in [0.05, 0.1) is 23.1 Å². The molecule has 1 atom stereocenters. The second-order valence-electron chi connectivity index (χ2n) is 5.80. The molecule has 0 aliphatic carbocycles. The predicted octanol–water partition coefficient (Wildman–Crippen LogP) is 2.33. The number of nitrogen functional groups attached to an aromatic ring is 1. The fourth-order valence-corrected chi connectivity index (χ4v) is 2.54. The molecule has 0 bridgehead atoms. The van der Waals surface area contributed by atoms with E-state index in [-0.39, 0.29) is 6.42 Å². The number of carbonyl (C=O) groups is 1. The van der Waals surface area contributed by atoms with Crippen LogP contribution in [0.2, 0.25) is 0 Å². The van der Waals surface area contributed by atoms with Crippen LogP contribution in [0.1, 0.15) is 5.69 Å². The van der Waals surface area contributed by atoms with Gasteiger partial charge in [-0.1, -0.05) is 24.3 Å². The third-order valence-corrected chi connectivity index (χ3v) is 3.90. The van der Waals surface area contributed by atoms with Crippen LogP contribution < -0.4 is 11.5 Å². The van der Waals surface area contributed by atoms with Crippen molar-refractivity contribution < 1.29 is 9.90 Å². The van der Waals surface area contributed by atoms with Gasteiger partial charge in [0.1, 0.15) is 6.04 Å². The van der Waals surface area contributed by atoms with E-state index in [9.17, 15) is 4.79 Å². The van der Waals surface area contributed by atoms with Crippen LogP contribution in [0, 0.1) is 0 Å². The van der Waals surface area contributed by atoms with Crippen molar-refractivity contribution in [2.75, 3.05) is 5.73 Å². The molecule has 26 heavy (non-hydrogen) atoms. The number of benzene rings is 2. The van der Waals surface area contributed by atoms with Gasteiger partial charge in [0.25, 0.3) is 0 Å². The van der Waals surface area contributed by atoms with Crippen molar-refractivity contribution in [2.24, 2.45) is 5.73 Å².